The van der Waals surface area contributed by atoms with Crippen molar-refractivity contribution in [2.75, 3.05) is 32.7 Å². The first-order valence-corrected chi connectivity index (χ1v) is 15.8. The van der Waals surface area contributed by atoms with E-state index in [1.807, 2.05) is 0 Å². The molecule has 5 aliphatic heterocycles. The van der Waals surface area contributed by atoms with Crippen LogP contribution in [0.3, 0.4) is 0 Å². The van der Waals surface area contributed by atoms with E-state index in [2.05, 4.69) is 10.6 Å². The molecule has 0 unspecified atom stereocenters. The number of hydrogen-bond donors (Lipinski definition) is 4. The molecule has 0 spiro atoms. The van der Waals surface area contributed by atoms with Gasteiger partial charge in [-0.3, -0.25) is 24.0 Å². The maximum atomic E-state index is 13.8. The van der Waals surface area contributed by atoms with Crippen LogP contribution in [0.25, 0.3) is 0 Å². The van der Waals surface area contributed by atoms with Gasteiger partial charge in [0.25, 0.3) is 0 Å². The van der Waals surface area contributed by atoms with Crippen molar-refractivity contribution in [2.24, 2.45) is 0 Å². The molecule has 14 heteroatoms. The molecule has 238 valence electrons. The van der Waals surface area contributed by atoms with Crippen LogP contribution in [0.2, 0.25) is 0 Å². The van der Waals surface area contributed by atoms with Crippen molar-refractivity contribution >= 4 is 35.5 Å². The van der Waals surface area contributed by atoms with E-state index in [9.17, 15) is 39.0 Å². The van der Waals surface area contributed by atoms with E-state index in [4.69, 9.17) is 0 Å². The van der Waals surface area contributed by atoms with Crippen LogP contribution in [-0.2, 0) is 28.8 Å². The lowest BCUT2D eigenvalue weighted by Crippen LogP contribution is -2.60. The number of aliphatic hydroxyl groups is 1. The molecule has 0 radical (unpaired) electrons. The van der Waals surface area contributed by atoms with Gasteiger partial charge in [0, 0.05) is 26.2 Å². The quantitative estimate of drug-likeness (QED) is 0.261. The van der Waals surface area contributed by atoms with E-state index < -0.39 is 54.1 Å². The summed E-state index contributed by atoms with van der Waals surface area (Å²) < 4.78 is 0. The van der Waals surface area contributed by atoms with Crippen molar-refractivity contribution in [3.8, 4) is 0 Å². The number of carboxylic acids is 1. The highest BCUT2D eigenvalue weighted by Gasteiger charge is 2.47. The highest BCUT2D eigenvalue weighted by atomic mass is 16.4. The highest BCUT2D eigenvalue weighted by molar-refractivity contribution is 5.97. The molecule has 0 aliphatic carbocycles. The average Bonchev–Trinajstić information content (AvgIpc) is 3.81. The molecule has 0 aromatic heterocycles. The van der Waals surface area contributed by atoms with E-state index in [0.717, 1.165) is 13.0 Å². The van der Waals surface area contributed by atoms with E-state index in [-0.39, 0.29) is 30.3 Å². The van der Waals surface area contributed by atoms with Gasteiger partial charge in [0.1, 0.15) is 30.2 Å². The molecule has 0 bridgehead atoms. The first-order valence-electron chi connectivity index (χ1n) is 15.8. The van der Waals surface area contributed by atoms with Gasteiger partial charge in [-0.25, -0.2) is 4.79 Å². The molecule has 5 aliphatic rings. The van der Waals surface area contributed by atoms with Crippen LogP contribution in [0, 0.1) is 0 Å². The third kappa shape index (κ3) is 6.21. The fourth-order valence-electron chi connectivity index (χ4n) is 7.46. The summed E-state index contributed by atoms with van der Waals surface area (Å²) in [7, 11) is 0. The number of rotatable bonds is 8. The molecule has 0 aromatic carbocycles. The number of nitrogens with zero attached hydrogens (tertiary/aromatic N) is 4. The van der Waals surface area contributed by atoms with Crippen LogP contribution in [-0.4, -0.2) is 140 Å². The molecule has 5 heterocycles. The lowest BCUT2D eigenvalue weighted by Gasteiger charge is -2.35. The highest BCUT2D eigenvalue weighted by Crippen LogP contribution is 2.29. The van der Waals surface area contributed by atoms with Gasteiger partial charge in [-0.05, 0) is 77.7 Å². The van der Waals surface area contributed by atoms with E-state index >= 15 is 0 Å². The number of hydrogen-bond acceptors (Lipinski definition) is 8. The Kier molecular flexibility index (Phi) is 9.54. The zero-order valence-electron chi connectivity index (χ0n) is 24.8. The number of carboxylic acid groups (broad SMARTS) is 1. The van der Waals surface area contributed by atoms with Crippen molar-refractivity contribution in [3.05, 3.63) is 0 Å². The van der Waals surface area contributed by atoms with Crippen molar-refractivity contribution < 1.29 is 39.0 Å². The van der Waals surface area contributed by atoms with Crippen molar-refractivity contribution in [1.82, 2.24) is 30.2 Å². The van der Waals surface area contributed by atoms with E-state index in [1.165, 1.54) is 21.6 Å². The number of likely N-dealkylation sites (tertiary alicyclic amines) is 4. The average molecular weight is 605 g/mol. The van der Waals surface area contributed by atoms with E-state index in [0.29, 0.717) is 77.4 Å². The summed E-state index contributed by atoms with van der Waals surface area (Å²) in [5.41, 5.74) is 0. The Morgan fingerprint density at radius 1 is 0.674 bits per heavy atom. The topological polar surface area (TPSA) is 180 Å². The lowest BCUT2D eigenvalue weighted by molar-refractivity contribution is -0.154. The first-order chi connectivity index (χ1) is 20.6. The summed E-state index contributed by atoms with van der Waals surface area (Å²) >= 11 is 0. The summed E-state index contributed by atoms with van der Waals surface area (Å²) in [4.78, 5) is 84.9. The van der Waals surface area contributed by atoms with Crippen LogP contribution in [0.1, 0.15) is 71.1 Å². The summed E-state index contributed by atoms with van der Waals surface area (Å²) in [5.74, 6) is -3.02. The summed E-state index contributed by atoms with van der Waals surface area (Å²) in [6.07, 6.45) is 4.37. The minimum atomic E-state index is -1.31. The van der Waals surface area contributed by atoms with Crippen LogP contribution in [0.5, 0.6) is 0 Å². The van der Waals surface area contributed by atoms with E-state index in [1.54, 1.807) is 4.90 Å². The number of carbonyl (C=O) groups excluding carboxylic acids is 5. The summed E-state index contributed by atoms with van der Waals surface area (Å²) in [5, 5.41) is 26.0. The molecule has 5 amide bonds. The summed E-state index contributed by atoms with van der Waals surface area (Å²) in [6, 6.07) is -4.90. The predicted octanol–water partition coefficient (Wildman–Crippen LogP) is -1.35. The number of aliphatic carboxylic acids is 1. The van der Waals surface area contributed by atoms with Gasteiger partial charge < -0.3 is 40.4 Å². The van der Waals surface area contributed by atoms with Gasteiger partial charge in [-0.15, -0.1) is 0 Å². The second-order valence-electron chi connectivity index (χ2n) is 12.5. The number of aliphatic hydroxyl groups excluding tert-OH is 1. The Labute approximate surface area is 251 Å². The Morgan fingerprint density at radius 3 is 1.70 bits per heavy atom. The second kappa shape index (κ2) is 13.2. The minimum Gasteiger partial charge on any atom is -0.480 e. The van der Waals surface area contributed by atoms with Gasteiger partial charge in [0.2, 0.25) is 29.5 Å². The Morgan fingerprint density at radius 2 is 1.16 bits per heavy atom. The Bertz CT molecular complexity index is 1130. The van der Waals surface area contributed by atoms with Crippen LogP contribution in [0.15, 0.2) is 0 Å². The van der Waals surface area contributed by atoms with Gasteiger partial charge in [-0.2, -0.15) is 0 Å². The fraction of sp³-hybridized carbons (Fsp3) is 0.793. The van der Waals surface area contributed by atoms with Crippen LogP contribution < -0.4 is 10.6 Å². The second-order valence-corrected chi connectivity index (χ2v) is 12.5. The minimum absolute atomic E-state index is 0.126. The molecule has 4 N–H and O–H groups in total. The first kappa shape index (κ1) is 31.2. The monoisotopic (exact) mass is 604 g/mol. The molecule has 14 nitrogen and oxygen atoms in total. The zero-order valence-corrected chi connectivity index (χ0v) is 24.8. The standard InChI is InChI=1S/C29H44N6O8/c1-17(36)23(31-24(37)19-8-3-13-32(19)25(38)18-7-2-12-30-18)28(41)34-15-5-10-21(34)26(39)33-14-4-9-20(33)27(40)35-16-6-11-22(35)29(42)43/h17-23,30,36H,2-16H2,1H3,(H,31,37)(H,42,43)/t17-,18+,19+,20+,21+,22+,23+/m1/s1. The number of nitrogens with one attached hydrogen (secondary N) is 2. The molecule has 5 rings (SSSR count). The maximum absolute atomic E-state index is 13.8. The number of amides is 5. The largest absolute Gasteiger partial charge is 0.480 e. The molecular weight excluding hydrogens is 560 g/mol. The maximum Gasteiger partial charge on any atom is 0.326 e. The molecular formula is C29H44N6O8. The fourth-order valence-corrected chi connectivity index (χ4v) is 7.46. The molecule has 5 saturated heterocycles. The normalized spacial score (nSPS) is 30.5. The molecule has 7 atom stereocenters. The van der Waals surface area contributed by atoms with Crippen LogP contribution in [0.4, 0.5) is 0 Å². The number of carbonyl (C=O) groups is 6. The third-order valence-electron chi connectivity index (χ3n) is 9.71. The van der Waals surface area contributed by atoms with Crippen LogP contribution >= 0.6 is 0 Å². The molecule has 0 aromatic rings. The van der Waals surface area contributed by atoms with Gasteiger partial charge >= 0.3 is 5.97 Å². The SMILES string of the molecule is C[C@@H](O)[C@H](NC(=O)[C@@H]1CCCN1C(=O)[C@@H]1CCCN1)C(=O)N1CCC[C@H]1C(=O)N1CCC[C@H]1C(=O)N1CCC[C@H]1C(=O)O. The van der Waals surface area contributed by atoms with Gasteiger partial charge in [-0.1, -0.05) is 0 Å². The van der Waals surface area contributed by atoms with Gasteiger partial charge in [0.15, 0.2) is 0 Å². The lowest BCUT2D eigenvalue weighted by atomic mass is 10.1. The third-order valence-corrected chi connectivity index (χ3v) is 9.71. The molecule has 0 saturated carbocycles. The molecule has 43 heavy (non-hydrogen) atoms. The molecule has 5 fully saturated rings. The van der Waals surface area contributed by atoms with Crippen molar-refractivity contribution in [1.29, 1.82) is 0 Å². The van der Waals surface area contributed by atoms with Crippen molar-refractivity contribution in [3.63, 3.8) is 0 Å². The predicted molar refractivity (Wildman–Crippen MR) is 151 cm³/mol. The smallest absolute Gasteiger partial charge is 0.326 e. The zero-order chi connectivity index (χ0) is 30.8. The Balaban J connectivity index is 1.25. The summed E-state index contributed by atoms with van der Waals surface area (Å²) in [6.45, 7) is 3.53. The Hall–Kier alpha value is -3.26. The van der Waals surface area contributed by atoms with Gasteiger partial charge in [0.05, 0.1) is 12.1 Å². The van der Waals surface area contributed by atoms with Crippen molar-refractivity contribution in [2.45, 2.75) is 113 Å².